The molecule has 0 fully saturated rings. The molecule has 0 aliphatic heterocycles. The molecule has 0 aromatic heterocycles. The smallest absolute Gasteiger partial charge is 0.00363 e. The highest BCUT2D eigenvalue weighted by Crippen LogP contribution is 2.33. The topological polar surface area (TPSA) is 26.0 Å². The van der Waals surface area contributed by atoms with Crippen molar-refractivity contribution in [3.8, 4) is 0 Å². The van der Waals surface area contributed by atoms with Crippen molar-refractivity contribution in [1.29, 1.82) is 0 Å². The standard InChI is InChI=1S/C11H25N/c1-8(2)11(5,6)7-9(3)10(4)12/h8-10H,7,12H2,1-6H3. The van der Waals surface area contributed by atoms with E-state index in [0.717, 1.165) is 5.92 Å². The molecular formula is C11H25N. The monoisotopic (exact) mass is 171 g/mol. The van der Waals surface area contributed by atoms with Gasteiger partial charge in [0.25, 0.3) is 0 Å². The van der Waals surface area contributed by atoms with Crippen molar-refractivity contribution < 1.29 is 0 Å². The molecule has 0 amide bonds. The lowest BCUT2D eigenvalue weighted by molar-refractivity contribution is 0.183. The van der Waals surface area contributed by atoms with Crippen LogP contribution < -0.4 is 5.73 Å². The zero-order valence-electron chi connectivity index (χ0n) is 9.52. The van der Waals surface area contributed by atoms with Crippen molar-refractivity contribution in [3.05, 3.63) is 0 Å². The molecule has 1 nitrogen and oxygen atoms in total. The summed E-state index contributed by atoms with van der Waals surface area (Å²) >= 11 is 0. The molecule has 0 aromatic carbocycles. The Hall–Kier alpha value is -0.0400. The molecule has 0 aromatic rings. The van der Waals surface area contributed by atoms with Gasteiger partial charge in [0, 0.05) is 6.04 Å². The molecule has 12 heavy (non-hydrogen) atoms. The van der Waals surface area contributed by atoms with Crippen LogP contribution in [-0.2, 0) is 0 Å². The van der Waals surface area contributed by atoms with Crippen LogP contribution in [0.4, 0.5) is 0 Å². The Morgan fingerprint density at radius 3 is 1.75 bits per heavy atom. The molecule has 74 valence electrons. The molecule has 0 spiro atoms. The summed E-state index contributed by atoms with van der Waals surface area (Å²) in [5.74, 6) is 1.36. The molecule has 0 radical (unpaired) electrons. The van der Waals surface area contributed by atoms with Crippen LogP contribution in [-0.4, -0.2) is 6.04 Å². The largest absolute Gasteiger partial charge is 0.328 e. The highest BCUT2D eigenvalue weighted by atomic mass is 14.6. The van der Waals surface area contributed by atoms with Gasteiger partial charge in [-0.05, 0) is 30.6 Å². The van der Waals surface area contributed by atoms with Gasteiger partial charge in [-0.1, -0.05) is 34.6 Å². The van der Waals surface area contributed by atoms with Gasteiger partial charge >= 0.3 is 0 Å². The normalized spacial score (nSPS) is 18.0. The lowest BCUT2D eigenvalue weighted by Gasteiger charge is -2.33. The first-order valence-corrected chi connectivity index (χ1v) is 5.03. The quantitative estimate of drug-likeness (QED) is 0.691. The third-order valence-corrected chi connectivity index (χ3v) is 3.31. The minimum Gasteiger partial charge on any atom is -0.328 e. The van der Waals surface area contributed by atoms with E-state index in [4.69, 9.17) is 5.73 Å². The Balaban J connectivity index is 4.05. The molecule has 0 bridgehead atoms. The van der Waals surface area contributed by atoms with Gasteiger partial charge < -0.3 is 5.73 Å². The van der Waals surface area contributed by atoms with Crippen molar-refractivity contribution >= 4 is 0 Å². The summed E-state index contributed by atoms with van der Waals surface area (Å²) in [7, 11) is 0. The van der Waals surface area contributed by atoms with Gasteiger partial charge in [-0.25, -0.2) is 0 Å². The Labute approximate surface area is 77.7 Å². The fourth-order valence-corrected chi connectivity index (χ4v) is 1.25. The summed E-state index contributed by atoms with van der Waals surface area (Å²) in [4.78, 5) is 0. The van der Waals surface area contributed by atoms with Gasteiger partial charge in [0.2, 0.25) is 0 Å². The highest BCUT2D eigenvalue weighted by Gasteiger charge is 2.25. The van der Waals surface area contributed by atoms with E-state index in [-0.39, 0.29) is 0 Å². The fourth-order valence-electron chi connectivity index (χ4n) is 1.25. The average molecular weight is 171 g/mol. The number of rotatable bonds is 4. The van der Waals surface area contributed by atoms with E-state index >= 15 is 0 Å². The zero-order chi connectivity index (χ0) is 9.94. The van der Waals surface area contributed by atoms with Crippen molar-refractivity contribution in [1.82, 2.24) is 0 Å². The lowest BCUT2D eigenvalue weighted by atomic mass is 9.73. The highest BCUT2D eigenvalue weighted by molar-refractivity contribution is 4.77. The summed E-state index contributed by atoms with van der Waals surface area (Å²) in [6.07, 6.45) is 1.22. The van der Waals surface area contributed by atoms with E-state index < -0.39 is 0 Å². The van der Waals surface area contributed by atoms with E-state index in [1.54, 1.807) is 0 Å². The van der Waals surface area contributed by atoms with E-state index in [2.05, 4.69) is 41.5 Å². The van der Waals surface area contributed by atoms with E-state index in [1.807, 2.05) is 0 Å². The summed E-state index contributed by atoms with van der Waals surface area (Å²) in [5.41, 5.74) is 6.27. The summed E-state index contributed by atoms with van der Waals surface area (Å²) < 4.78 is 0. The van der Waals surface area contributed by atoms with Crippen LogP contribution in [0.15, 0.2) is 0 Å². The molecule has 0 rings (SSSR count). The molecule has 1 heteroatoms. The molecule has 0 saturated heterocycles. The maximum Gasteiger partial charge on any atom is 0.00363 e. The third-order valence-electron chi connectivity index (χ3n) is 3.31. The van der Waals surface area contributed by atoms with Gasteiger partial charge in [-0.2, -0.15) is 0 Å². The minimum absolute atomic E-state index is 0.322. The maximum absolute atomic E-state index is 5.84. The Kier molecular flexibility index (Phi) is 4.25. The second-order valence-electron chi connectivity index (χ2n) is 5.18. The van der Waals surface area contributed by atoms with Crippen LogP contribution >= 0.6 is 0 Å². The Morgan fingerprint density at radius 2 is 1.50 bits per heavy atom. The Bertz CT molecular complexity index is 125. The summed E-state index contributed by atoms with van der Waals surface area (Å²) in [5, 5.41) is 0. The van der Waals surface area contributed by atoms with Crippen molar-refractivity contribution in [2.75, 3.05) is 0 Å². The van der Waals surface area contributed by atoms with Gasteiger partial charge in [-0.3, -0.25) is 0 Å². The van der Waals surface area contributed by atoms with Crippen LogP contribution in [0.25, 0.3) is 0 Å². The second kappa shape index (κ2) is 4.27. The number of hydrogen-bond donors (Lipinski definition) is 1. The minimum atomic E-state index is 0.322. The van der Waals surface area contributed by atoms with Crippen LogP contribution in [0.1, 0.15) is 48.0 Å². The predicted octanol–water partition coefficient (Wildman–Crippen LogP) is 3.04. The van der Waals surface area contributed by atoms with Crippen molar-refractivity contribution in [2.24, 2.45) is 23.0 Å². The van der Waals surface area contributed by atoms with Crippen LogP contribution in [0.5, 0.6) is 0 Å². The Morgan fingerprint density at radius 1 is 1.08 bits per heavy atom. The zero-order valence-corrected chi connectivity index (χ0v) is 9.52. The molecule has 0 saturated carbocycles. The van der Waals surface area contributed by atoms with E-state index in [9.17, 15) is 0 Å². The number of nitrogens with two attached hydrogens (primary N) is 1. The van der Waals surface area contributed by atoms with Crippen LogP contribution in [0.3, 0.4) is 0 Å². The predicted molar refractivity (Wildman–Crippen MR) is 56.0 cm³/mol. The van der Waals surface area contributed by atoms with Gasteiger partial charge in [0.05, 0.1) is 0 Å². The molecule has 0 aliphatic carbocycles. The van der Waals surface area contributed by atoms with Gasteiger partial charge in [-0.15, -0.1) is 0 Å². The molecule has 0 heterocycles. The van der Waals surface area contributed by atoms with E-state index in [0.29, 0.717) is 17.4 Å². The molecule has 2 atom stereocenters. The number of hydrogen-bond acceptors (Lipinski definition) is 1. The van der Waals surface area contributed by atoms with Crippen molar-refractivity contribution in [3.63, 3.8) is 0 Å². The first kappa shape index (κ1) is 12.0. The molecule has 2 unspecified atom stereocenters. The van der Waals surface area contributed by atoms with Gasteiger partial charge in [0.1, 0.15) is 0 Å². The molecule has 2 N–H and O–H groups in total. The summed E-state index contributed by atoms with van der Waals surface area (Å²) in [6.45, 7) is 13.6. The fraction of sp³-hybridized carbons (Fsp3) is 1.00. The first-order chi connectivity index (χ1) is 5.27. The van der Waals surface area contributed by atoms with Gasteiger partial charge in [0.15, 0.2) is 0 Å². The van der Waals surface area contributed by atoms with E-state index in [1.165, 1.54) is 6.42 Å². The maximum atomic E-state index is 5.84. The van der Waals surface area contributed by atoms with Crippen LogP contribution in [0.2, 0.25) is 0 Å². The second-order valence-corrected chi connectivity index (χ2v) is 5.18. The first-order valence-electron chi connectivity index (χ1n) is 5.03. The molecule has 0 aliphatic rings. The average Bonchev–Trinajstić information content (AvgIpc) is 1.85. The van der Waals surface area contributed by atoms with Crippen molar-refractivity contribution in [2.45, 2.75) is 54.0 Å². The SMILES string of the molecule is CC(N)C(C)CC(C)(C)C(C)C. The lowest BCUT2D eigenvalue weighted by Crippen LogP contribution is -2.31. The summed E-state index contributed by atoms with van der Waals surface area (Å²) in [6, 6.07) is 0.322. The molecular weight excluding hydrogens is 146 g/mol. The van der Waals surface area contributed by atoms with Crippen LogP contribution in [0, 0.1) is 17.3 Å². The third kappa shape index (κ3) is 3.57.